The van der Waals surface area contributed by atoms with E-state index in [1.54, 1.807) is 26.6 Å². The zero-order valence-electron chi connectivity index (χ0n) is 23.6. The largest absolute Gasteiger partial charge is 0.497 e. The second-order valence-electron chi connectivity index (χ2n) is 9.75. The maximum absolute atomic E-state index is 13.4. The van der Waals surface area contributed by atoms with Crippen LogP contribution in [0.25, 0.3) is 10.2 Å². The highest BCUT2D eigenvalue weighted by molar-refractivity contribution is 7.20. The van der Waals surface area contributed by atoms with E-state index in [1.807, 2.05) is 72.8 Å². The van der Waals surface area contributed by atoms with Crippen molar-refractivity contribution in [2.45, 2.75) is 32.5 Å². The Morgan fingerprint density at radius 1 is 0.833 bits per heavy atom. The smallest absolute Gasteiger partial charge is 0.225 e. The number of amides is 1. The van der Waals surface area contributed by atoms with Crippen molar-refractivity contribution in [3.05, 3.63) is 107 Å². The number of thiazole rings is 1. The first kappa shape index (κ1) is 28.7. The summed E-state index contributed by atoms with van der Waals surface area (Å²) in [4.78, 5) is 41.3. The molecule has 0 bridgehead atoms. The van der Waals surface area contributed by atoms with Gasteiger partial charge < -0.3 is 19.7 Å². The molecule has 1 atom stereocenters. The monoisotopic (exact) mass is 581 g/mol. The fraction of sp³-hybridized carbons (Fsp3) is 0.219. The van der Waals surface area contributed by atoms with Crippen LogP contribution in [0.15, 0.2) is 85.2 Å². The lowest BCUT2D eigenvalue weighted by atomic mass is 10.0. The maximum Gasteiger partial charge on any atom is 0.225 e. The van der Waals surface area contributed by atoms with E-state index in [2.05, 4.69) is 25.2 Å². The summed E-state index contributed by atoms with van der Waals surface area (Å²) < 4.78 is 11.5. The van der Waals surface area contributed by atoms with E-state index in [0.29, 0.717) is 24.0 Å². The van der Waals surface area contributed by atoms with Gasteiger partial charge >= 0.3 is 0 Å². The second kappa shape index (κ2) is 13.2. The van der Waals surface area contributed by atoms with Crippen LogP contribution in [0.2, 0.25) is 0 Å². The van der Waals surface area contributed by atoms with Crippen LogP contribution in [-0.4, -0.2) is 46.9 Å². The molecule has 42 heavy (non-hydrogen) atoms. The molecule has 9 nitrogen and oxygen atoms in total. The van der Waals surface area contributed by atoms with Crippen molar-refractivity contribution < 1.29 is 19.1 Å². The van der Waals surface area contributed by atoms with E-state index in [4.69, 9.17) is 9.47 Å². The Labute approximate surface area is 248 Å². The maximum atomic E-state index is 13.4. The molecule has 0 aliphatic rings. The van der Waals surface area contributed by atoms with Crippen molar-refractivity contribution in [2.24, 2.45) is 0 Å². The van der Waals surface area contributed by atoms with Crippen molar-refractivity contribution in [3.8, 4) is 11.5 Å². The number of benzene rings is 3. The minimum atomic E-state index is -0.785. The molecule has 2 aromatic heterocycles. The van der Waals surface area contributed by atoms with E-state index >= 15 is 0 Å². The SMILES string of the molecule is COc1ccc(CN(Cc2ccc(OC)cc2)c2ncc(CC(NC(C)=O)C(=O)c3nc4ccccc4s3)cn2)cc1. The van der Waals surface area contributed by atoms with Crippen molar-refractivity contribution >= 4 is 39.2 Å². The van der Waals surface area contributed by atoms with Crippen LogP contribution in [0.5, 0.6) is 11.5 Å². The van der Waals surface area contributed by atoms with Gasteiger partial charge in [0.05, 0.1) is 30.5 Å². The van der Waals surface area contributed by atoms with Gasteiger partial charge in [-0.25, -0.2) is 15.0 Å². The molecule has 5 aromatic rings. The van der Waals surface area contributed by atoms with E-state index < -0.39 is 6.04 Å². The van der Waals surface area contributed by atoms with E-state index in [9.17, 15) is 9.59 Å². The number of hydrogen-bond acceptors (Lipinski definition) is 9. The third-order valence-corrected chi connectivity index (χ3v) is 7.73. The van der Waals surface area contributed by atoms with Crippen molar-refractivity contribution in [1.82, 2.24) is 20.3 Å². The van der Waals surface area contributed by atoms with E-state index in [0.717, 1.165) is 38.4 Å². The van der Waals surface area contributed by atoms with Crippen LogP contribution in [0.3, 0.4) is 0 Å². The van der Waals surface area contributed by atoms with E-state index in [1.165, 1.54) is 18.3 Å². The summed E-state index contributed by atoms with van der Waals surface area (Å²) in [5.74, 6) is 1.58. The Balaban J connectivity index is 1.36. The highest BCUT2D eigenvalue weighted by atomic mass is 32.1. The number of carbonyl (C=O) groups is 2. The molecule has 0 aliphatic carbocycles. The molecule has 0 saturated heterocycles. The average Bonchev–Trinajstić information content (AvgIpc) is 3.45. The Morgan fingerprint density at radius 2 is 1.40 bits per heavy atom. The minimum absolute atomic E-state index is 0.240. The first-order chi connectivity index (χ1) is 20.4. The summed E-state index contributed by atoms with van der Waals surface area (Å²) >= 11 is 1.32. The first-order valence-corrected chi connectivity index (χ1v) is 14.2. The fourth-order valence-electron chi connectivity index (χ4n) is 4.53. The molecule has 2 heterocycles. The summed E-state index contributed by atoms with van der Waals surface area (Å²) in [6.07, 6.45) is 3.65. The van der Waals surface area contributed by atoms with Crippen LogP contribution in [0, 0.1) is 0 Å². The Morgan fingerprint density at radius 3 is 1.93 bits per heavy atom. The van der Waals surface area contributed by atoms with Crippen LogP contribution in [-0.2, 0) is 24.3 Å². The van der Waals surface area contributed by atoms with Gasteiger partial charge in [0, 0.05) is 38.8 Å². The number of nitrogens with one attached hydrogen (secondary N) is 1. The Bertz CT molecular complexity index is 1570. The lowest BCUT2D eigenvalue weighted by molar-refractivity contribution is -0.119. The van der Waals surface area contributed by atoms with Crippen molar-refractivity contribution in [1.29, 1.82) is 0 Å². The van der Waals surface area contributed by atoms with Gasteiger partial charge in [0.15, 0.2) is 5.01 Å². The quantitative estimate of drug-likeness (QED) is 0.200. The fourth-order valence-corrected chi connectivity index (χ4v) is 5.49. The molecule has 1 unspecified atom stereocenters. The van der Waals surface area contributed by atoms with Crippen LogP contribution in [0.1, 0.15) is 33.4 Å². The molecule has 0 fully saturated rings. The van der Waals surface area contributed by atoms with Crippen molar-refractivity contribution in [3.63, 3.8) is 0 Å². The number of hydrogen-bond donors (Lipinski definition) is 1. The van der Waals surface area contributed by atoms with Crippen LogP contribution >= 0.6 is 11.3 Å². The first-order valence-electron chi connectivity index (χ1n) is 13.4. The number of Topliss-reactive ketones (excluding diaryl/α,β-unsaturated/α-hetero) is 1. The summed E-state index contributed by atoms with van der Waals surface area (Å²) in [6, 6.07) is 22.6. The summed E-state index contributed by atoms with van der Waals surface area (Å²) in [7, 11) is 3.28. The zero-order valence-corrected chi connectivity index (χ0v) is 24.4. The minimum Gasteiger partial charge on any atom is -0.497 e. The molecular weight excluding hydrogens is 550 g/mol. The third-order valence-electron chi connectivity index (χ3n) is 6.68. The van der Waals surface area contributed by atoms with Crippen LogP contribution in [0.4, 0.5) is 5.95 Å². The Hall–Kier alpha value is -4.83. The van der Waals surface area contributed by atoms with E-state index in [-0.39, 0.29) is 18.1 Å². The van der Waals surface area contributed by atoms with Crippen LogP contribution < -0.4 is 19.7 Å². The standard InChI is InChI=1S/C32H31N5O4S/c1-21(38)35-28(30(39)31-36-27-6-4-5-7-29(27)42-31)16-24-17-33-32(34-18-24)37(19-22-8-12-25(40-2)13-9-22)20-23-10-14-26(41-3)15-11-23/h4-15,17-18,28H,16,19-20H2,1-3H3,(H,35,38). The summed E-state index contributed by atoms with van der Waals surface area (Å²) in [5.41, 5.74) is 3.63. The summed E-state index contributed by atoms with van der Waals surface area (Å²) in [6.45, 7) is 2.54. The van der Waals surface area contributed by atoms with Crippen molar-refractivity contribution in [2.75, 3.05) is 19.1 Å². The van der Waals surface area contributed by atoms with Gasteiger partial charge in [0.1, 0.15) is 11.5 Å². The lowest BCUT2D eigenvalue weighted by Crippen LogP contribution is -2.41. The number of rotatable bonds is 12. The molecule has 214 valence electrons. The van der Waals surface area contributed by atoms with Gasteiger partial charge in [-0.3, -0.25) is 9.59 Å². The number of ketones is 1. The predicted molar refractivity (Wildman–Crippen MR) is 163 cm³/mol. The molecule has 0 radical (unpaired) electrons. The van der Waals surface area contributed by atoms with Gasteiger partial charge in [-0.1, -0.05) is 36.4 Å². The topological polar surface area (TPSA) is 107 Å². The van der Waals surface area contributed by atoms with Gasteiger partial charge in [-0.2, -0.15) is 0 Å². The highest BCUT2D eigenvalue weighted by Gasteiger charge is 2.25. The van der Waals surface area contributed by atoms with Gasteiger partial charge in [0.25, 0.3) is 0 Å². The summed E-state index contributed by atoms with van der Waals surface area (Å²) in [5, 5.41) is 3.14. The number of methoxy groups -OCH3 is 2. The number of ether oxygens (including phenoxy) is 2. The number of fused-ring (bicyclic) bond motifs is 1. The zero-order chi connectivity index (χ0) is 29.5. The molecule has 5 rings (SSSR count). The Kier molecular flexibility index (Phi) is 9.03. The van der Waals surface area contributed by atoms with Gasteiger partial charge in [-0.05, 0) is 53.1 Å². The number of carbonyl (C=O) groups excluding carboxylic acids is 2. The molecule has 1 N–H and O–H groups in total. The molecule has 10 heteroatoms. The highest BCUT2D eigenvalue weighted by Crippen LogP contribution is 2.24. The lowest BCUT2D eigenvalue weighted by Gasteiger charge is -2.23. The molecule has 0 saturated carbocycles. The number of para-hydroxylation sites is 1. The molecule has 1 amide bonds. The average molecular weight is 582 g/mol. The molecule has 0 aliphatic heterocycles. The third kappa shape index (κ3) is 7.08. The predicted octanol–water partition coefficient (Wildman–Crippen LogP) is 5.24. The number of nitrogens with zero attached hydrogens (tertiary/aromatic N) is 4. The normalized spacial score (nSPS) is 11.6. The van der Waals surface area contributed by atoms with Gasteiger partial charge in [-0.15, -0.1) is 11.3 Å². The molecule has 0 spiro atoms. The molecule has 3 aromatic carbocycles. The number of aromatic nitrogens is 3. The molecular formula is C32H31N5O4S. The number of anilines is 1. The van der Waals surface area contributed by atoms with Gasteiger partial charge in [0.2, 0.25) is 17.6 Å². The second-order valence-corrected chi connectivity index (χ2v) is 10.8.